The molecule has 0 aliphatic heterocycles. The molecule has 0 aromatic heterocycles. The van der Waals surface area contributed by atoms with Gasteiger partial charge in [-0.05, 0) is 18.4 Å². The molecule has 0 aliphatic rings. The van der Waals surface area contributed by atoms with Gasteiger partial charge in [-0.2, -0.15) is 13.2 Å². The van der Waals surface area contributed by atoms with Gasteiger partial charge in [-0.25, -0.2) is 13.1 Å². The summed E-state index contributed by atoms with van der Waals surface area (Å²) in [6, 6.07) is 1.23. The van der Waals surface area contributed by atoms with Crippen molar-refractivity contribution in [2.75, 3.05) is 6.54 Å². The fourth-order valence-electron chi connectivity index (χ4n) is 2.22. The number of aliphatic carboxylic acids is 1. The monoisotopic (exact) mass is 398 g/mol. The predicted octanol–water partition coefficient (Wildman–Crippen LogP) is 2.64. The first-order valence-corrected chi connectivity index (χ1v) is 8.82. The Kier molecular flexibility index (Phi) is 6.71. The average molecular weight is 398 g/mol. The van der Waals surface area contributed by atoms with E-state index in [9.17, 15) is 36.5 Å². The molecule has 0 saturated carbocycles. The van der Waals surface area contributed by atoms with Crippen molar-refractivity contribution in [1.29, 1.82) is 0 Å². The topological polar surface area (TPSA) is 127 Å². The number of nitro groups is 1. The normalized spacial score (nSPS) is 13.6. The number of rotatable bonds is 8. The zero-order valence-electron chi connectivity index (χ0n) is 13.8. The Morgan fingerprint density at radius 3 is 2.35 bits per heavy atom. The van der Waals surface area contributed by atoms with Gasteiger partial charge in [0.15, 0.2) is 0 Å². The van der Waals surface area contributed by atoms with E-state index in [-0.39, 0.29) is 18.4 Å². The number of carbonyl (C=O) groups is 1. The largest absolute Gasteiger partial charge is 0.481 e. The third-order valence-corrected chi connectivity index (χ3v) is 4.88. The third kappa shape index (κ3) is 5.66. The number of nitrogens with one attached hydrogen (secondary N) is 1. The number of carboxylic acid groups (broad SMARTS) is 1. The average Bonchev–Trinajstić information content (AvgIpc) is 2.49. The molecule has 1 unspecified atom stereocenters. The smallest absolute Gasteiger partial charge is 0.417 e. The Balaban J connectivity index is 3.23. The van der Waals surface area contributed by atoms with E-state index in [1.54, 1.807) is 13.8 Å². The lowest BCUT2D eigenvalue weighted by Gasteiger charge is -2.17. The summed E-state index contributed by atoms with van der Waals surface area (Å²) in [4.78, 5) is 19.5. The van der Waals surface area contributed by atoms with Crippen molar-refractivity contribution in [2.45, 2.75) is 31.3 Å². The summed E-state index contributed by atoms with van der Waals surface area (Å²) in [7, 11) is -4.74. The molecule has 0 aliphatic carbocycles. The van der Waals surface area contributed by atoms with E-state index in [2.05, 4.69) is 0 Å². The summed E-state index contributed by atoms with van der Waals surface area (Å²) in [5.74, 6) is -2.50. The van der Waals surface area contributed by atoms with Crippen molar-refractivity contribution in [3.8, 4) is 0 Å². The number of nitro benzene ring substituents is 1. The molecule has 12 heteroatoms. The molecule has 2 N–H and O–H groups in total. The molecule has 146 valence electrons. The zero-order chi connectivity index (χ0) is 20.3. The molecule has 0 amide bonds. The highest BCUT2D eigenvalue weighted by Gasteiger charge is 2.39. The van der Waals surface area contributed by atoms with Gasteiger partial charge in [-0.1, -0.05) is 13.8 Å². The van der Waals surface area contributed by atoms with Crippen molar-refractivity contribution in [1.82, 2.24) is 4.72 Å². The van der Waals surface area contributed by atoms with E-state index in [1.165, 1.54) is 0 Å². The summed E-state index contributed by atoms with van der Waals surface area (Å²) < 4.78 is 65.6. The van der Waals surface area contributed by atoms with Gasteiger partial charge < -0.3 is 5.11 Å². The molecule has 0 spiro atoms. The molecular formula is C14H17F3N2O6S. The fraction of sp³-hybridized carbons (Fsp3) is 0.500. The van der Waals surface area contributed by atoms with Crippen LogP contribution in [-0.4, -0.2) is 31.0 Å². The Labute approximate surface area is 147 Å². The molecule has 1 aromatic rings. The second-order valence-electron chi connectivity index (χ2n) is 5.95. The maximum absolute atomic E-state index is 13.1. The number of sulfonamides is 1. The van der Waals surface area contributed by atoms with Crippen LogP contribution in [-0.2, 0) is 21.0 Å². The Bertz CT molecular complexity index is 792. The van der Waals surface area contributed by atoms with Crippen LogP contribution in [0.2, 0.25) is 0 Å². The maximum Gasteiger partial charge on any atom is 0.417 e. The zero-order valence-corrected chi connectivity index (χ0v) is 14.6. The van der Waals surface area contributed by atoms with Crippen LogP contribution in [0.15, 0.2) is 23.1 Å². The summed E-state index contributed by atoms with van der Waals surface area (Å²) in [5, 5.41) is 19.7. The van der Waals surface area contributed by atoms with Gasteiger partial charge in [0.1, 0.15) is 0 Å². The predicted molar refractivity (Wildman–Crippen MR) is 83.9 cm³/mol. The minimum Gasteiger partial charge on any atom is -0.481 e. The molecule has 1 aromatic carbocycles. The van der Waals surface area contributed by atoms with Crippen molar-refractivity contribution >= 4 is 21.7 Å². The first kappa shape index (κ1) is 21.8. The molecule has 0 saturated heterocycles. The minimum atomic E-state index is -5.15. The number of hydrogen-bond donors (Lipinski definition) is 2. The lowest BCUT2D eigenvalue weighted by atomic mass is 9.98. The van der Waals surface area contributed by atoms with E-state index < -0.39 is 55.7 Å². The number of benzene rings is 1. The van der Waals surface area contributed by atoms with Crippen LogP contribution in [0.25, 0.3) is 0 Å². The van der Waals surface area contributed by atoms with Gasteiger partial charge in [-0.3, -0.25) is 14.9 Å². The van der Waals surface area contributed by atoms with Crippen molar-refractivity contribution in [3.63, 3.8) is 0 Å². The first-order valence-electron chi connectivity index (χ1n) is 7.33. The van der Waals surface area contributed by atoms with Gasteiger partial charge in [0.2, 0.25) is 10.0 Å². The molecule has 26 heavy (non-hydrogen) atoms. The van der Waals surface area contributed by atoms with Crippen LogP contribution >= 0.6 is 0 Å². The molecule has 8 nitrogen and oxygen atoms in total. The summed E-state index contributed by atoms with van der Waals surface area (Å²) >= 11 is 0. The third-order valence-electron chi connectivity index (χ3n) is 3.39. The van der Waals surface area contributed by atoms with Gasteiger partial charge in [0, 0.05) is 18.7 Å². The highest BCUT2D eigenvalue weighted by molar-refractivity contribution is 7.89. The van der Waals surface area contributed by atoms with Crippen LogP contribution in [0.5, 0.6) is 0 Å². The maximum atomic E-state index is 13.1. The fourth-order valence-corrected chi connectivity index (χ4v) is 3.50. The Hall–Kier alpha value is -2.21. The number of nitrogens with zero attached hydrogens (tertiary/aromatic N) is 1. The van der Waals surface area contributed by atoms with Gasteiger partial charge in [-0.15, -0.1) is 0 Å². The number of alkyl halides is 3. The van der Waals surface area contributed by atoms with Crippen LogP contribution < -0.4 is 4.72 Å². The SMILES string of the molecule is CC(C)CC(CNS(=O)(=O)c1ccc([N+](=O)[O-])cc1C(F)(F)F)C(=O)O. The highest BCUT2D eigenvalue weighted by atomic mass is 32.2. The lowest BCUT2D eigenvalue weighted by Crippen LogP contribution is -2.34. The van der Waals surface area contributed by atoms with E-state index in [4.69, 9.17) is 5.11 Å². The van der Waals surface area contributed by atoms with Crippen LogP contribution in [0.3, 0.4) is 0 Å². The lowest BCUT2D eigenvalue weighted by molar-refractivity contribution is -0.385. The standard InChI is InChI=1S/C14H17F3N2O6S/c1-8(2)5-9(13(20)21)7-18-26(24,25)12-4-3-10(19(22)23)6-11(12)14(15,16)17/h3-4,6,8-9,18H,5,7H2,1-2H3,(H,20,21). The number of halogens is 3. The molecule has 0 fully saturated rings. The van der Waals surface area contributed by atoms with E-state index >= 15 is 0 Å². The highest BCUT2D eigenvalue weighted by Crippen LogP contribution is 2.36. The first-order chi connectivity index (χ1) is 11.8. The van der Waals surface area contributed by atoms with Crippen molar-refractivity contribution in [2.24, 2.45) is 11.8 Å². The van der Waals surface area contributed by atoms with Crippen molar-refractivity contribution < 1.29 is 36.4 Å². The van der Waals surface area contributed by atoms with E-state index in [0.717, 1.165) is 0 Å². The number of non-ortho nitro benzene ring substituents is 1. The van der Waals surface area contributed by atoms with Gasteiger partial charge in [0.25, 0.3) is 5.69 Å². The quantitative estimate of drug-likeness (QED) is 0.512. The second-order valence-corrected chi connectivity index (χ2v) is 7.69. The summed E-state index contributed by atoms with van der Waals surface area (Å²) in [6.07, 6.45) is -5.04. The van der Waals surface area contributed by atoms with Gasteiger partial charge >= 0.3 is 12.1 Å². The Morgan fingerprint density at radius 2 is 1.92 bits per heavy atom. The van der Waals surface area contributed by atoms with E-state index in [1.807, 2.05) is 4.72 Å². The minimum absolute atomic E-state index is 0.0780. The molecule has 0 heterocycles. The summed E-state index contributed by atoms with van der Waals surface area (Å²) in [6.45, 7) is 2.81. The molecule has 1 rings (SSSR count). The molecule has 1 atom stereocenters. The number of hydrogen-bond acceptors (Lipinski definition) is 5. The van der Waals surface area contributed by atoms with Crippen LogP contribution in [0.4, 0.5) is 18.9 Å². The summed E-state index contributed by atoms with van der Waals surface area (Å²) in [5.41, 5.74) is -2.62. The molecular weight excluding hydrogens is 381 g/mol. The second kappa shape index (κ2) is 7.99. The van der Waals surface area contributed by atoms with Crippen LogP contribution in [0.1, 0.15) is 25.8 Å². The van der Waals surface area contributed by atoms with Gasteiger partial charge in [0.05, 0.1) is 21.3 Å². The van der Waals surface area contributed by atoms with E-state index in [0.29, 0.717) is 12.1 Å². The number of carboxylic acids is 1. The van der Waals surface area contributed by atoms with Crippen LogP contribution in [0, 0.1) is 22.0 Å². The Morgan fingerprint density at radius 1 is 1.35 bits per heavy atom. The molecule has 0 bridgehead atoms. The van der Waals surface area contributed by atoms with Crippen molar-refractivity contribution in [3.05, 3.63) is 33.9 Å². The molecule has 0 radical (unpaired) electrons.